The molecule has 39 heavy (non-hydrogen) atoms. The van der Waals surface area contributed by atoms with Crippen LogP contribution in [0.1, 0.15) is 48.3 Å². The van der Waals surface area contributed by atoms with Crippen molar-refractivity contribution in [2.24, 2.45) is 0 Å². The summed E-state index contributed by atoms with van der Waals surface area (Å²) in [5, 5.41) is 15.9. The van der Waals surface area contributed by atoms with Crippen LogP contribution in [-0.4, -0.2) is 101 Å². The average molecular weight is 554 g/mol. The Labute approximate surface area is 233 Å². The van der Waals surface area contributed by atoms with Crippen LogP contribution in [0.2, 0.25) is 5.02 Å². The van der Waals surface area contributed by atoms with Gasteiger partial charge in [-0.05, 0) is 51.4 Å². The SMILES string of the molecule is CN1CCOc2ccc(Cl)cc2C(=O)N2CCCCC2c2cc3nc(N4CC(C)(O)C4)cc(n3n2)N(C)CC1. The number of carbonyl (C=O) groups is 1. The molecule has 1 amide bonds. The fourth-order valence-electron chi connectivity index (χ4n) is 5.79. The predicted molar refractivity (Wildman–Crippen MR) is 151 cm³/mol. The smallest absolute Gasteiger partial charge is 0.258 e. The molecule has 2 fully saturated rings. The van der Waals surface area contributed by atoms with Gasteiger partial charge in [-0.25, -0.2) is 4.98 Å². The van der Waals surface area contributed by atoms with E-state index in [1.807, 2.05) is 28.5 Å². The summed E-state index contributed by atoms with van der Waals surface area (Å²) >= 11 is 6.34. The molecule has 3 aromatic rings. The highest BCUT2D eigenvalue weighted by molar-refractivity contribution is 6.31. The van der Waals surface area contributed by atoms with E-state index in [0.29, 0.717) is 49.1 Å². The number of likely N-dealkylation sites (N-methyl/N-ethyl adjacent to an activating group) is 2. The number of nitrogens with zero attached hydrogens (tertiary/aromatic N) is 7. The number of carbonyl (C=O) groups excluding carboxylic acids is 1. The summed E-state index contributed by atoms with van der Waals surface area (Å²) in [6, 6.07) is 9.15. The van der Waals surface area contributed by atoms with Crippen molar-refractivity contribution in [1.82, 2.24) is 24.4 Å². The van der Waals surface area contributed by atoms with Crippen LogP contribution in [-0.2, 0) is 0 Å². The molecular formula is C28H36ClN7O3. The molecule has 1 N–H and O–H groups in total. The number of hydrogen-bond acceptors (Lipinski definition) is 8. The molecule has 0 saturated carbocycles. The normalized spacial score (nSPS) is 22.4. The third kappa shape index (κ3) is 5.13. The van der Waals surface area contributed by atoms with E-state index in [2.05, 4.69) is 28.8 Å². The lowest BCUT2D eigenvalue weighted by Gasteiger charge is -2.45. The first-order valence-electron chi connectivity index (χ1n) is 13.7. The summed E-state index contributed by atoms with van der Waals surface area (Å²) in [7, 11) is 4.13. The van der Waals surface area contributed by atoms with Gasteiger partial charge < -0.3 is 29.4 Å². The number of halogens is 1. The summed E-state index contributed by atoms with van der Waals surface area (Å²) in [4.78, 5) is 27.3. The highest BCUT2D eigenvalue weighted by Gasteiger charge is 2.38. The molecule has 3 aliphatic heterocycles. The standard InChI is InChI=1S/C28H36ClN7O3/c1-28(38)17-34(18-28)24-16-26-33(3)11-10-32(2)12-13-39-23-8-7-19(29)14-20(23)27(37)35-9-5-4-6-22(35)21-15-25(30-24)36(26)31-21/h7-8,14-16,22,38H,4-6,9-13,17-18H2,1-3H3. The number of anilines is 2. The third-order valence-corrected chi connectivity index (χ3v) is 8.25. The number of fused-ring (bicyclic) bond motifs is 4. The van der Waals surface area contributed by atoms with Crippen molar-refractivity contribution in [2.75, 3.05) is 69.8 Å². The van der Waals surface area contributed by atoms with Crippen molar-refractivity contribution in [3.05, 3.63) is 46.6 Å². The van der Waals surface area contributed by atoms with E-state index in [4.69, 9.17) is 26.4 Å². The Morgan fingerprint density at radius 2 is 1.90 bits per heavy atom. The van der Waals surface area contributed by atoms with Gasteiger partial charge in [-0.15, -0.1) is 0 Å². The molecule has 6 rings (SSSR count). The maximum atomic E-state index is 14.0. The zero-order valence-corrected chi connectivity index (χ0v) is 23.6. The number of benzene rings is 1. The molecule has 0 radical (unpaired) electrons. The van der Waals surface area contributed by atoms with Crippen LogP contribution in [0.3, 0.4) is 0 Å². The molecule has 5 heterocycles. The van der Waals surface area contributed by atoms with Gasteiger partial charge in [-0.1, -0.05) is 11.6 Å². The second kappa shape index (κ2) is 10.1. The van der Waals surface area contributed by atoms with Gasteiger partial charge in [-0.3, -0.25) is 4.79 Å². The van der Waals surface area contributed by atoms with Crippen molar-refractivity contribution in [3.63, 3.8) is 0 Å². The number of piperidine rings is 1. The van der Waals surface area contributed by atoms with Gasteiger partial charge in [0.2, 0.25) is 0 Å². The van der Waals surface area contributed by atoms with Gasteiger partial charge in [0.05, 0.1) is 22.9 Å². The van der Waals surface area contributed by atoms with Crippen LogP contribution in [0.5, 0.6) is 5.75 Å². The molecule has 208 valence electrons. The van der Waals surface area contributed by atoms with E-state index in [9.17, 15) is 9.90 Å². The maximum Gasteiger partial charge on any atom is 0.258 e. The molecule has 1 aromatic carbocycles. The van der Waals surface area contributed by atoms with Gasteiger partial charge in [0.25, 0.3) is 5.91 Å². The number of aliphatic hydroxyl groups is 1. The molecule has 0 aliphatic carbocycles. The van der Waals surface area contributed by atoms with Crippen molar-refractivity contribution in [1.29, 1.82) is 0 Å². The Morgan fingerprint density at radius 1 is 1.08 bits per heavy atom. The first-order chi connectivity index (χ1) is 18.7. The fraction of sp³-hybridized carbons (Fsp3) is 0.536. The molecule has 0 spiro atoms. The van der Waals surface area contributed by atoms with Gasteiger partial charge in [0, 0.05) is 63.5 Å². The average Bonchev–Trinajstić information content (AvgIpc) is 3.34. The van der Waals surface area contributed by atoms with E-state index >= 15 is 0 Å². The molecular weight excluding hydrogens is 518 g/mol. The Kier molecular flexibility index (Phi) is 6.81. The molecule has 2 bridgehead atoms. The van der Waals surface area contributed by atoms with E-state index in [0.717, 1.165) is 55.3 Å². The second-order valence-electron chi connectivity index (χ2n) is 11.4. The zero-order valence-electron chi connectivity index (χ0n) is 22.8. The quantitative estimate of drug-likeness (QED) is 0.492. The van der Waals surface area contributed by atoms with Gasteiger partial charge in [0.15, 0.2) is 5.65 Å². The van der Waals surface area contributed by atoms with Gasteiger partial charge in [-0.2, -0.15) is 9.61 Å². The fourth-order valence-corrected chi connectivity index (χ4v) is 5.96. The predicted octanol–water partition coefficient (Wildman–Crippen LogP) is 3.08. The number of aromatic nitrogens is 3. The van der Waals surface area contributed by atoms with Crippen LogP contribution in [0.25, 0.3) is 5.65 Å². The Hall–Kier alpha value is -3.08. The molecule has 2 saturated heterocycles. The lowest BCUT2D eigenvalue weighted by molar-refractivity contribution is 0.0305. The molecule has 2 aromatic heterocycles. The van der Waals surface area contributed by atoms with Crippen molar-refractivity contribution >= 4 is 34.8 Å². The first-order valence-corrected chi connectivity index (χ1v) is 14.1. The molecule has 11 heteroatoms. The minimum absolute atomic E-state index is 0.0940. The Balaban J connectivity index is 1.45. The van der Waals surface area contributed by atoms with E-state index < -0.39 is 5.60 Å². The van der Waals surface area contributed by atoms with Crippen LogP contribution in [0.15, 0.2) is 30.3 Å². The highest BCUT2D eigenvalue weighted by Crippen LogP contribution is 2.36. The molecule has 1 atom stereocenters. The molecule has 1 unspecified atom stereocenters. The second-order valence-corrected chi connectivity index (χ2v) is 11.8. The number of β-amino-alcohol motifs (C(OH)–C–C–N with tert-alkyl or cyclic N) is 1. The number of amides is 1. The lowest BCUT2D eigenvalue weighted by atomic mass is 9.97. The van der Waals surface area contributed by atoms with Crippen molar-refractivity contribution < 1.29 is 14.6 Å². The van der Waals surface area contributed by atoms with Crippen LogP contribution in [0.4, 0.5) is 11.6 Å². The monoisotopic (exact) mass is 553 g/mol. The van der Waals surface area contributed by atoms with Crippen LogP contribution >= 0.6 is 11.6 Å². The number of hydrogen-bond donors (Lipinski definition) is 1. The van der Waals surface area contributed by atoms with Crippen molar-refractivity contribution in [2.45, 2.75) is 37.8 Å². The Bertz CT molecular complexity index is 1380. The lowest BCUT2D eigenvalue weighted by Crippen LogP contribution is -2.60. The zero-order chi connectivity index (χ0) is 27.3. The maximum absolute atomic E-state index is 14.0. The van der Waals surface area contributed by atoms with Crippen LogP contribution < -0.4 is 14.5 Å². The van der Waals surface area contributed by atoms with Gasteiger partial charge >= 0.3 is 0 Å². The summed E-state index contributed by atoms with van der Waals surface area (Å²) in [5.41, 5.74) is 1.34. The summed E-state index contributed by atoms with van der Waals surface area (Å²) in [5.74, 6) is 2.21. The molecule has 10 nitrogen and oxygen atoms in total. The summed E-state index contributed by atoms with van der Waals surface area (Å²) in [6.45, 7) is 6.33. The van der Waals surface area contributed by atoms with Crippen molar-refractivity contribution in [3.8, 4) is 5.75 Å². The van der Waals surface area contributed by atoms with E-state index in [1.54, 1.807) is 18.2 Å². The van der Waals surface area contributed by atoms with E-state index in [-0.39, 0.29) is 11.9 Å². The number of rotatable bonds is 1. The van der Waals surface area contributed by atoms with E-state index in [1.165, 1.54) is 0 Å². The number of ether oxygens (including phenoxy) is 1. The minimum Gasteiger partial charge on any atom is -0.491 e. The summed E-state index contributed by atoms with van der Waals surface area (Å²) < 4.78 is 8.03. The minimum atomic E-state index is -0.704. The summed E-state index contributed by atoms with van der Waals surface area (Å²) in [6.07, 6.45) is 2.77. The largest absolute Gasteiger partial charge is 0.491 e. The third-order valence-electron chi connectivity index (χ3n) is 8.02. The Morgan fingerprint density at radius 3 is 2.69 bits per heavy atom. The highest BCUT2D eigenvalue weighted by atomic mass is 35.5. The first kappa shape index (κ1) is 26.2. The topological polar surface area (TPSA) is 89.7 Å². The van der Waals surface area contributed by atoms with Crippen LogP contribution in [0, 0.1) is 0 Å². The molecule has 3 aliphatic rings. The van der Waals surface area contributed by atoms with Gasteiger partial charge in [0.1, 0.15) is 24.0 Å².